The number of nitrogens with zero attached hydrogens (tertiary/aromatic N) is 4. The Morgan fingerprint density at radius 1 is 0.964 bits per heavy atom. The zero-order valence-corrected chi connectivity index (χ0v) is 32.3. The first-order chi connectivity index (χ1) is 26.9. The van der Waals surface area contributed by atoms with Gasteiger partial charge >= 0.3 is 12.1 Å². The second-order valence-corrected chi connectivity index (χ2v) is 14.1. The zero-order valence-electron chi connectivity index (χ0n) is 31.5. The van der Waals surface area contributed by atoms with Crippen molar-refractivity contribution < 1.29 is 37.0 Å². The number of amides is 2. The maximum atomic E-state index is 13.3. The second-order valence-electron chi connectivity index (χ2n) is 13.6. The lowest BCUT2D eigenvalue weighted by molar-refractivity contribution is -0.140. The Labute approximate surface area is 329 Å². The summed E-state index contributed by atoms with van der Waals surface area (Å²) in [4.78, 5) is 43.0. The van der Waals surface area contributed by atoms with Crippen LogP contribution in [-0.4, -0.2) is 71.8 Å². The number of hydrogen-bond donors (Lipinski definition) is 2. The van der Waals surface area contributed by atoms with Crippen LogP contribution in [0.2, 0.25) is 5.02 Å². The van der Waals surface area contributed by atoms with E-state index in [9.17, 15) is 27.6 Å². The van der Waals surface area contributed by atoms with E-state index in [1.54, 1.807) is 35.8 Å². The van der Waals surface area contributed by atoms with Crippen LogP contribution in [0, 0.1) is 18.8 Å². The molecule has 1 aliphatic rings. The molecule has 0 spiro atoms. The average molecular weight is 795 g/mol. The summed E-state index contributed by atoms with van der Waals surface area (Å²) in [6.07, 6.45) is 5.09. The predicted molar refractivity (Wildman–Crippen MR) is 208 cm³/mol. The van der Waals surface area contributed by atoms with Gasteiger partial charge in [-0.2, -0.15) is 13.2 Å². The van der Waals surface area contributed by atoms with E-state index in [4.69, 9.17) is 21.4 Å². The van der Waals surface area contributed by atoms with Crippen molar-refractivity contribution >= 4 is 46.5 Å². The lowest BCUT2D eigenvalue weighted by atomic mass is 10.0. The molecule has 1 fully saturated rings. The number of piperidine rings is 1. The van der Waals surface area contributed by atoms with E-state index in [0.717, 1.165) is 82.4 Å². The van der Waals surface area contributed by atoms with E-state index >= 15 is 0 Å². The lowest BCUT2D eigenvalue weighted by Gasteiger charge is -2.32. The van der Waals surface area contributed by atoms with Gasteiger partial charge in [0.1, 0.15) is 11.5 Å². The number of halogens is 4. The van der Waals surface area contributed by atoms with E-state index in [-0.39, 0.29) is 34.3 Å². The van der Waals surface area contributed by atoms with Crippen LogP contribution in [-0.2, 0) is 25.2 Å². The van der Waals surface area contributed by atoms with Crippen molar-refractivity contribution in [3.63, 3.8) is 0 Å². The summed E-state index contributed by atoms with van der Waals surface area (Å²) in [7, 11) is 1.40. The predicted octanol–water partition coefficient (Wildman–Crippen LogP) is 7.76. The molecule has 15 heteroatoms. The molecule has 2 aromatic heterocycles. The van der Waals surface area contributed by atoms with Crippen molar-refractivity contribution in [1.82, 2.24) is 19.9 Å². The van der Waals surface area contributed by atoms with E-state index in [2.05, 4.69) is 37.1 Å². The highest BCUT2D eigenvalue weighted by Crippen LogP contribution is 2.33. The molecule has 3 heterocycles. The summed E-state index contributed by atoms with van der Waals surface area (Å²) < 4.78 is 52.2. The van der Waals surface area contributed by atoms with Crippen molar-refractivity contribution in [3.05, 3.63) is 87.7 Å². The first-order valence-corrected chi connectivity index (χ1v) is 19.1. The third kappa shape index (κ3) is 12.2. The minimum absolute atomic E-state index is 0.0552. The molecule has 0 saturated carbocycles. The van der Waals surface area contributed by atoms with Crippen molar-refractivity contribution in [3.8, 4) is 11.8 Å². The zero-order chi connectivity index (χ0) is 40.1. The lowest BCUT2D eigenvalue weighted by Crippen LogP contribution is -2.38. The number of carbonyl (C=O) groups is 3. The number of anilines is 2. The number of esters is 1. The highest BCUT2D eigenvalue weighted by Gasteiger charge is 2.31. The molecule has 0 unspecified atom stereocenters. The molecule has 4 aromatic rings. The van der Waals surface area contributed by atoms with Crippen LogP contribution in [0.25, 0.3) is 5.65 Å². The summed E-state index contributed by atoms with van der Waals surface area (Å²) >= 11 is 5.89. The maximum absolute atomic E-state index is 13.3. The van der Waals surface area contributed by atoms with Crippen LogP contribution in [0.3, 0.4) is 0 Å². The molecular formula is C41H46ClF3N6O5. The summed E-state index contributed by atoms with van der Waals surface area (Å²) in [5.74, 6) is 6.28. The SMILES string of the molecule is COC(=O)CCCCCCCC(=O)NCCCOC1CCN(c2ccc3ncc(C#Cc4cccc(C(=O)Nc5cc(Cl)cc(C(F)(F)F)c5)c4C)n3n2)CC1. The van der Waals surface area contributed by atoms with Crippen molar-refractivity contribution in [2.45, 2.75) is 83.4 Å². The van der Waals surface area contributed by atoms with E-state index in [0.29, 0.717) is 48.5 Å². The van der Waals surface area contributed by atoms with Crippen LogP contribution in [0.5, 0.6) is 0 Å². The highest BCUT2D eigenvalue weighted by atomic mass is 35.5. The number of unbranched alkanes of at least 4 members (excludes halogenated alkanes) is 4. The third-order valence-corrected chi connectivity index (χ3v) is 9.73. The number of ether oxygens (including phenoxy) is 2. The molecule has 11 nitrogen and oxygen atoms in total. The van der Waals surface area contributed by atoms with Gasteiger partial charge in [0.05, 0.1) is 25.0 Å². The smallest absolute Gasteiger partial charge is 0.416 e. The average Bonchev–Trinajstić information content (AvgIpc) is 3.58. The first kappa shape index (κ1) is 42.0. The van der Waals surface area contributed by atoms with Gasteiger partial charge < -0.3 is 25.0 Å². The summed E-state index contributed by atoms with van der Waals surface area (Å²) in [5.41, 5.74) is 1.52. The van der Waals surface area contributed by atoms with Crippen molar-refractivity contribution in [2.24, 2.45) is 0 Å². The Bertz CT molecular complexity index is 2050. The molecule has 298 valence electrons. The molecule has 5 rings (SSSR count). The Hall–Kier alpha value is -5.13. The van der Waals surface area contributed by atoms with Gasteiger partial charge in [0, 0.05) is 60.9 Å². The van der Waals surface area contributed by atoms with Crippen molar-refractivity contribution in [1.29, 1.82) is 0 Å². The Kier molecular flexibility index (Phi) is 15.1. The molecule has 0 radical (unpaired) electrons. The van der Waals surface area contributed by atoms with Gasteiger partial charge in [0.25, 0.3) is 5.91 Å². The second kappa shape index (κ2) is 20.2. The minimum Gasteiger partial charge on any atom is -0.469 e. The Morgan fingerprint density at radius 3 is 2.46 bits per heavy atom. The van der Waals surface area contributed by atoms with Gasteiger partial charge in [0.2, 0.25) is 5.91 Å². The standard InChI is InChI=1S/C41H46ClF3N6O5/c1-28-29(10-8-11-35(28)40(54)48-32-25-30(41(43,44)45)24-31(42)26-32)14-15-33-27-47-36-16-17-37(49-51(33)36)50-21-18-34(19-22-50)56-23-9-20-46-38(52)12-6-4-3-5-7-13-39(53)55-2/h8,10-11,16-17,24-27,34H,3-7,9,12-13,18-23H2,1-2H3,(H,46,52)(H,48,54). The van der Waals surface area contributed by atoms with Crippen LogP contribution >= 0.6 is 11.6 Å². The van der Waals surface area contributed by atoms with Crippen molar-refractivity contribution in [2.75, 3.05) is 43.6 Å². The molecule has 0 bridgehead atoms. The van der Waals surface area contributed by atoms with E-state index in [1.165, 1.54) is 13.2 Å². The molecule has 2 N–H and O–H groups in total. The van der Waals surface area contributed by atoms with E-state index < -0.39 is 17.6 Å². The van der Waals surface area contributed by atoms with Gasteiger partial charge in [-0.15, -0.1) is 5.10 Å². The number of imidazole rings is 1. The third-order valence-electron chi connectivity index (χ3n) is 9.51. The fraction of sp³-hybridized carbons (Fsp3) is 0.439. The first-order valence-electron chi connectivity index (χ1n) is 18.8. The number of aromatic nitrogens is 3. The fourth-order valence-electron chi connectivity index (χ4n) is 6.37. The number of alkyl halides is 3. The molecule has 1 saturated heterocycles. The van der Waals surface area contributed by atoms with Gasteiger partial charge in [-0.05, 0) is 93.0 Å². The minimum atomic E-state index is -4.61. The summed E-state index contributed by atoms with van der Waals surface area (Å²) in [6, 6.07) is 11.7. The Morgan fingerprint density at radius 2 is 1.71 bits per heavy atom. The van der Waals surface area contributed by atoms with Crippen LogP contribution in [0.1, 0.15) is 97.0 Å². The molecule has 2 aromatic carbocycles. The molecule has 2 amide bonds. The van der Waals surface area contributed by atoms with Crippen LogP contribution in [0.4, 0.5) is 24.7 Å². The largest absolute Gasteiger partial charge is 0.469 e. The van der Waals surface area contributed by atoms with E-state index in [1.807, 2.05) is 12.1 Å². The summed E-state index contributed by atoms with van der Waals surface area (Å²) in [6.45, 7) is 4.40. The maximum Gasteiger partial charge on any atom is 0.416 e. The van der Waals surface area contributed by atoms with Crippen LogP contribution in [0.15, 0.2) is 54.7 Å². The van der Waals surface area contributed by atoms with Gasteiger partial charge in [-0.25, -0.2) is 9.50 Å². The molecule has 0 aliphatic carbocycles. The van der Waals surface area contributed by atoms with Gasteiger partial charge in [0.15, 0.2) is 5.65 Å². The molecule has 0 atom stereocenters. The molecule has 1 aliphatic heterocycles. The number of carbonyl (C=O) groups excluding carboxylic acids is 3. The number of hydrogen-bond acceptors (Lipinski definition) is 8. The summed E-state index contributed by atoms with van der Waals surface area (Å²) in [5, 5.41) is 10.2. The Balaban J connectivity index is 1.07. The van der Waals surface area contributed by atoms with Crippen LogP contribution < -0.4 is 15.5 Å². The topological polar surface area (TPSA) is 127 Å². The number of benzene rings is 2. The number of fused-ring (bicyclic) bond motifs is 1. The fourth-order valence-corrected chi connectivity index (χ4v) is 6.60. The van der Waals surface area contributed by atoms with Gasteiger partial charge in [-0.1, -0.05) is 42.9 Å². The van der Waals surface area contributed by atoms with Gasteiger partial charge in [-0.3, -0.25) is 14.4 Å². The quantitative estimate of drug-likeness (QED) is 0.0670. The monoisotopic (exact) mass is 794 g/mol. The molecule has 56 heavy (non-hydrogen) atoms. The number of rotatable bonds is 16. The number of methoxy groups -OCH3 is 1. The number of nitrogens with one attached hydrogen (secondary N) is 2. The molecular weight excluding hydrogens is 749 g/mol. The highest BCUT2D eigenvalue weighted by molar-refractivity contribution is 6.31. The normalized spacial score (nSPS) is 13.3.